The van der Waals surface area contributed by atoms with Gasteiger partial charge in [-0.15, -0.1) is 0 Å². The molecule has 0 radical (unpaired) electrons. The van der Waals surface area contributed by atoms with Crippen LogP contribution in [0.1, 0.15) is 24.5 Å². The van der Waals surface area contributed by atoms with Crippen LogP contribution in [0, 0.1) is 35.1 Å². The second-order valence-electron chi connectivity index (χ2n) is 8.72. The minimum absolute atomic E-state index is 0.0527. The molecule has 0 aliphatic rings. The normalized spacial score (nSPS) is 18.1. The van der Waals surface area contributed by atoms with Crippen molar-refractivity contribution >= 4 is 0 Å². The highest BCUT2D eigenvalue weighted by atomic mass is 19.2. The van der Waals surface area contributed by atoms with E-state index in [0.717, 1.165) is 24.3 Å². The molecule has 0 aliphatic carbocycles. The van der Waals surface area contributed by atoms with Crippen molar-refractivity contribution in [1.29, 1.82) is 0 Å². The molecule has 7 atom stereocenters. The van der Waals surface area contributed by atoms with Gasteiger partial charge in [-0.2, -0.15) is 0 Å². The molecule has 0 saturated carbocycles. The van der Waals surface area contributed by atoms with Crippen LogP contribution in [-0.2, 0) is 12.8 Å². The Morgan fingerprint density at radius 1 is 0.647 bits per heavy atom. The summed E-state index contributed by atoms with van der Waals surface area (Å²) in [6, 6.07) is 6.57. The van der Waals surface area contributed by atoms with Gasteiger partial charge in [0.1, 0.15) is 24.4 Å². The van der Waals surface area contributed by atoms with Crippen molar-refractivity contribution in [2.24, 2.45) is 11.8 Å². The highest BCUT2D eigenvalue weighted by molar-refractivity contribution is 5.20. The fourth-order valence-corrected chi connectivity index (χ4v) is 4.00. The average Bonchev–Trinajstić information content (AvgIpc) is 2.80. The molecule has 0 spiro atoms. The fourth-order valence-electron chi connectivity index (χ4n) is 4.00. The van der Waals surface area contributed by atoms with Crippen LogP contribution >= 0.6 is 0 Å². The Morgan fingerprint density at radius 3 is 1.59 bits per heavy atom. The quantitative estimate of drug-likeness (QED) is 0.251. The van der Waals surface area contributed by atoms with E-state index in [1.165, 1.54) is 12.1 Å². The maximum Gasteiger partial charge on any atom is 0.159 e. The SMILES string of the molecule is CC(Cc1ccc(F)c(F)c1)CC(Cc1ccc(F)c(F)c1)C(O)[C@@H](O)[C@@H](O)[C@H](O)[C@@H](O)CO. The Balaban J connectivity index is 2.23. The van der Waals surface area contributed by atoms with Crippen molar-refractivity contribution in [2.75, 3.05) is 6.61 Å². The van der Waals surface area contributed by atoms with Gasteiger partial charge in [-0.1, -0.05) is 19.1 Å². The van der Waals surface area contributed by atoms with E-state index in [1.54, 1.807) is 6.92 Å². The molecule has 0 bridgehead atoms. The summed E-state index contributed by atoms with van der Waals surface area (Å²) >= 11 is 0. The number of benzene rings is 2. The molecule has 0 aromatic heterocycles. The second-order valence-corrected chi connectivity index (χ2v) is 8.72. The summed E-state index contributed by atoms with van der Waals surface area (Å²) < 4.78 is 53.7. The van der Waals surface area contributed by atoms with Gasteiger partial charge < -0.3 is 30.6 Å². The lowest BCUT2D eigenvalue weighted by atomic mass is 9.80. The number of rotatable bonds is 12. The van der Waals surface area contributed by atoms with Crippen LogP contribution in [0.25, 0.3) is 0 Å². The zero-order chi connectivity index (χ0) is 25.6. The molecule has 0 saturated heterocycles. The maximum atomic E-state index is 13.7. The smallest absolute Gasteiger partial charge is 0.159 e. The van der Waals surface area contributed by atoms with Crippen LogP contribution in [0.3, 0.4) is 0 Å². The number of hydrogen-bond acceptors (Lipinski definition) is 6. The first-order valence-electron chi connectivity index (χ1n) is 10.8. The standard InChI is InChI=1S/C24H30F4O6/c1-12(6-13-2-4-16(25)18(27)9-13)7-15(8-14-3-5-17(26)19(28)10-14)21(31)23(33)24(34)22(32)20(30)11-29/h2-5,9-10,12,15,20-24,29-34H,6-8,11H2,1H3/t12?,15?,20-,21?,22+,23+,24-/m0/s1. The lowest BCUT2D eigenvalue weighted by Gasteiger charge is -2.33. The summed E-state index contributed by atoms with van der Waals surface area (Å²) in [5, 5.41) is 59.7. The van der Waals surface area contributed by atoms with Gasteiger partial charge in [-0.3, -0.25) is 0 Å². The van der Waals surface area contributed by atoms with Crippen LogP contribution in [-0.4, -0.2) is 67.8 Å². The first kappa shape index (κ1) is 28.2. The van der Waals surface area contributed by atoms with Crippen molar-refractivity contribution in [3.05, 3.63) is 70.8 Å². The third-order valence-corrected chi connectivity index (χ3v) is 5.87. The third kappa shape index (κ3) is 7.46. The number of aliphatic hydroxyl groups is 6. The predicted octanol–water partition coefficient (Wildman–Crippen LogP) is 1.47. The lowest BCUT2D eigenvalue weighted by Crippen LogP contribution is -2.52. The summed E-state index contributed by atoms with van der Waals surface area (Å²) in [7, 11) is 0. The molecule has 3 unspecified atom stereocenters. The van der Waals surface area contributed by atoms with Crippen LogP contribution in [0.2, 0.25) is 0 Å². The molecule has 0 aliphatic heterocycles. The van der Waals surface area contributed by atoms with Crippen molar-refractivity contribution < 1.29 is 48.2 Å². The Bertz CT molecular complexity index is 930. The van der Waals surface area contributed by atoms with Crippen molar-refractivity contribution in [3.8, 4) is 0 Å². The molecule has 0 heterocycles. The summed E-state index contributed by atoms with van der Waals surface area (Å²) in [5.74, 6) is -5.31. The molecule has 2 rings (SSSR count). The van der Waals surface area contributed by atoms with Gasteiger partial charge in [-0.25, -0.2) is 17.6 Å². The minimum Gasteiger partial charge on any atom is -0.394 e. The fraction of sp³-hybridized carbons (Fsp3) is 0.500. The summed E-state index contributed by atoms with van der Waals surface area (Å²) in [4.78, 5) is 0. The Morgan fingerprint density at radius 2 is 1.12 bits per heavy atom. The van der Waals surface area contributed by atoms with Gasteiger partial charge in [0.25, 0.3) is 0 Å². The first-order valence-corrected chi connectivity index (χ1v) is 10.8. The summed E-state index contributed by atoms with van der Waals surface area (Å²) in [5.41, 5.74) is 0.773. The van der Waals surface area contributed by atoms with Gasteiger partial charge in [-0.05, 0) is 66.5 Å². The molecule has 2 aromatic rings. The van der Waals surface area contributed by atoms with Crippen LogP contribution in [0.4, 0.5) is 17.6 Å². The van der Waals surface area contributed by atoms with Crippen LogP contribution in [0.5, 0.6) is 0 Å². The van der Waals surface area contributed by atoms with E-state index >= 15 is 0 Å². The molecule has 190 valence electrons. The number of halogens is 4. The van der Waals surface area contributed by atoms with Gasteiger partial charge >= 0.3 is 0 Å². The molecule has 0 fully saturated rings. The molecule has 6 nitrogen and oxygen atoms in total. The van der Waals surface area contributed by atoms with Crippen molar-refractivity contribution in [1.82, 2.24) is 0 Å². The largest absolute Gasteiger partial charge is 0.394 e. The lowest BCUT2D eigenvalue weighted by molar-refractivity contribution is -0.149. The molecular formula is C24H30F4O6. The molecule has 34 heavy (non-hydrogen) atoms. The molecule has 6 N–H and O–H groups in total. The topological polar surface area (TPSA) is 121 Å². The van der Waals surface area contributed by atoms with E-state index < -0.39 is 66.3 Å². The predicted molar refractivity (Wildman–Crippen MR) is 115 cm³/mol. The molecule has 10 heteroatoms. The van der Waals surface area contributed by atoms with Crippen LogP contribution in [0.15, 0.2) is 36.4 Å². The van der Waals surface area contributed by atoms with Crippen LogP contribution < -0.4 is 0 Å². The van der Waals surface area contributed by atoms with E-state index in [4.69, 9.17) is 5.11 Å². The second kappa shape index (κ2) is 12.6. The maximum absolute atomic E-state index is 13.7. The number of aliphatic hydroxyl groups excluding tert-OH is 6. The van der Waals surface area contributed by atoms with Gasteiger partial charge in [0.2, 0.25) is 0 Å². The molecule has 2 aromatic carbocycles. The van der Waals surface area contributed by atoms with Crippen molar-refractivity contribution in [2.45, 2.75) is 56.7 Å². The van der Waals surface area contributed by atoms with E-state index in [1.807, 2.05) is 0 Å². The van der Waals surface area contributed by atoms with Gasteiger partial charge in [0.15, 0.2) is 23.3 Å². The zero-order valence-electron chi connectivity index (χ0n) is 18.5. The van der Waals surface area contributed by atoms with Gasteiger partial charge in [0, 0.05) is 0 Å². The highest BCUT2D eigenvalue weighted by Crippen LogP contribution is 2.27. The average molecular weight is 490 g/mol. The Labute approximate surface area is 194 Å². The van der Waals surface area contributed by atoms with Crippen molar-refractivity contribution in [3.63, 3.8) is 0 Å². The minimum atomic E-state index is -2.02. The Hall–Kier alpha value is -2.08. The highest BCUT2D eigenvalue weighted by Gasteiger charge is 2.37. The molecule has 0 amide bonds. The molecular weight excluding hydrogens is 460 g/mol. The van der Waals surface area contributed by atoms with E-state index in [-0.39, 0.29) is 25.2 Å². The monoisotopic (exact) mass is 490 g/mol. The van der Waals surface area contributed by atoms with E-state index in [9.17, 15) is 43.1 Å². The Kier molecular flexibility index (Phi) is 10.4. The number of hydrogen-bond donors (Lipinski definition) is 6. The zero-order valence-corrected chi connectivity index (χ0v) is 18.5. The summed E-state index contributed by atoms with van der Waals surface area (Å²) in [6.45, 7) is 0.851. The van der Waals surface area contributed by atoms with E-state index in [0.29, 0.717) is 11.1 Å². The summed E-state index contributed by atoms with van der Waals surface area (Å²) in [6.07, 6.45) is -9.02. The van der Waals surface area contributed by atoms with E-state index in [2.05, 4.69) is 0 Å². The third-order valence-electron chi connectivity index (χ3n) is 5.87. The first-order chi connectivity index (χ1) is 15.9. The van der Waals surface area contributed by atoms with Gasteiger partial charge in [0.05, 0.1) is 12.7 Å².